The average Bonchev–Trinajstić information content (AvgIpc) is 3.23. The van der Waals surface area contributed by atoms with Crippen LogP contribution in [0.4, 0.5) is 10.5 Å². The number of carbonyl (C=O) groups is 1. The third-order valence-electron chi connectivity index (χ3n) is 5.62. The fourth-order valence-corrected chi connectivity index (χ4v) is 4.29. The number of para-hydroxylation sites is 1. The predicted octanol–water partition coefficient (Wildman–Crippen LogP) is 3.19. The standard InChI is InChI=1S/C22H22N4O2/c1-15-12-19(17-7-2-3-8-18(17)24-15)25-13-20-21(14-25)28-22(27)26(20)11-9-16-6-4-5-10-23-16/h2-8,10,12,20-21H,9,11,13-14H2,1H3/t20-,21+/m0/s1. The number of anilines is 1. The number of hydrogen-bond acceptors (Lipinski definition) is 5. The Kier molecular flexibility index (Phi) is 4.11. The molecule has 0 spiro atoms. The summed E-state index contributed by atoms with van der Waals surface area (Å²) in [5.74, 6) is 0. The molecular weight excluding hydrogens is 352 g/mol. The third-order valence-corrected chi connectivity index (χ3v) is 5.62. The minimum Gasteiger partial charge on any atom is -0.442 e. The van der Waals surface area contributed by atoms with Crippen LogP contribution >= 0.6 is 0 Å². The molecule has 0 unspecified atom stereocenters. The van der Waals surface area contributed by atoms with E-state index in [0.29, 0.717) is 13.1 Å². The summed E-state index contributed by atoms with van der Waals surface area (Å²) in [5, 5.41) is 1.14. The van der Waals surface area contributed by atoms with Crippen molar-refractivity contribution in [2.45, 2.75) is 25.5 Å². The molecule has 2 fully saturated rings. The Morgan fingerprint density at radius 2 is 2.00 bits per heavy atom. The number of rotatable bonds is 4. The number of pyridine rings is 2. The molecule has 2 saturated heterocycles. The van der Waals surface area contributed by atoms with E-state index in [1.807, 2.05) is 48.2 Å². The molecule has 2 atom stereocenters. The van der Waals surface area contributed by atoms with Crippen molar-refractivity contribution in [3.8, 4) is 0 Å². The van der Waals surface area contributed by atoms with E-state index in [1.165, 1.54) is 5.69 Å². The molecular formula is C22H22N4O2. The molecule has 1 amide bonds. The highest BCUT2D eigenvalue weighted by atomic mass is 16.6. The van der Waals surface area contributed by atoms with E-state index in [4.69, 9.17) is 4.74 Å². The zero-order valence-electron chi connectivity index (χ0n) is 15.8. The van der Waals surface area contributed by atoms with Crippen molar-refractivity contribution in [2.75, 3.05) is 24.5 Å². The van der Waals surface area contributed by atoms with Crippen molar-refractivity contribution in [1.82, 2.24) is 14.9 Å². The van der Waals surface area contributed by atoms with Gasteiger partial charge in [0, 0.05) is 48.2 Å². The first-order valence-corrected chi connectivity index (χ1v) is 9.67. The SMILES string of the molecule is Cc1cc(N2C[C@H]3OC(=O)N(CCc4ccccn4)[C@H]3C2)c2ccccc2n1. The van der Waals surface area contributed by atoms with E-state index in [2.05, 4.69) is 27.0 Å². The number of nitrogens with zero attached hydrogens (tertiary/aromatic N) is 4. The van der Waals surface area contributed by atoms with Gasteiger partial charge in [0.05, 0.1) is 18.1 Å². The van der Waals surface area contributed by atoms with Crippen LogP contribution in [0.3, 0.4) is 0 Å². The minimum atomic E-state index is -0.207. The maximum atomic E-state index is 12.4. The molecule has 2 aromatic heterocycles. The number of aromatic nitrogens is 2. The first-order chi connectivity index (χ1) is 13.7. The smallest absolute Gasteiger partial charge is 0.410 e. The summed E-state index contributed by atoms with van der Waals surface area (Å²) >= 11 is 0. The second-order valence-corrected chi connectivity index (χ2v) is 7.46. The average molecular weight is 374 g/mol. The zero-order chi connectivity index (χ0) is 19.1. The van der Waals surface area contributed by atoms with E-state index in [0.717, 1.165) is 35.3 Å². The van der Waals surface area contributed by atoms with Crippen LogP contribution < -0.4 is 4.90 Å². The predicted molar refractivity (Wildman–Crippen MR) is 107 cm³/mol. The lowest BCUT2D eigenvalue weighted by Crippen LogP contribution is -2.39. The van der Waals surface area contributed by atoms with Gasteiger partial charge in [0.2, 0.25) is 0 Å². The number of fused-ring (bicyclic) bond motifs is 2. The van der Waals surface area contributed by atoms with Gasteiger partial charge in [-0.25, -0.2) is 4.79 Å². The summed E-state index contributed by atoms with van der Waals surface area (Å²) < 4.78 is 5.69. The van der Waals surface area contributed by atoms with Gasteiger partial charge in [-0.05, 0) is 31.2 Å². The van der Waals surface area contributed by atoms with Crippen LogP contribution in [0.2, 0.25) is 0 Å². The number of hydrogen-bond donors (Lipinski definition) is 0. The molecule has 4 heterocycles. The highest BCUT2D eigenvalue weighted by Crippen LogP contribution is 2.34. The molecule has 1 aromatic carbocycles. The molecule has 28 heavy (non-hydrogen) atoms. The molecule has 5 rings (SSSR count). The fourth-order valence-electron chi connectivity index (χ4n) is 4.29. The second kappa shape index (κ2) is 6.78. The van der Waals surface area contributed by atoms with Crippen molar-refractivity contribution in [2.24, 2.45) is 0 Å². The second-order valence-electron chi connectivity index (χ2n) is 7.46. The summed E-state index contributed by atoms with van der Waals surface area (Å²) in [7, 11) is 0. The topological polar surface area (TPSA) is 58.6 Å². The van der Waals surface area contributed by atoms with Gasteiger partial charge in [0.15, 0.2) is 0 Å². The molecule has 6 heteroatoms. The number of benzene rings is 1. The maximum Gasteiger partial charge on any atom is 0.410 e. The van der Waals surface area contributed by atoms with Gasteiger partial charge >= 0.3 is 6.09 Å². The monoisotopic (exact) mass is 374 g/mol. The van der Waals surface area contributed by atoms with Crippen molar-refractivity contribution in [1.29, 1.82) is 0 Å². The van der Waals surface area contributed by atoms with Gasteiger partial charge in [-0.1, -0.05) is 24.3 Å². The summed E-state index contributed by atoms with van der Waals surface area (Å²) in [4.78, 5) is 25.6. The maximum absolute atomic E-state index is 12.4. The Bertz CT molecular complexity index is 1020. The Labute approximate surface area is 163 Å². The van der Waals surface area contributed by atoms with Crippen LogP contribution in [0, 0.1) is 6.92 Å². The lowest BCUT2D eigenvalue weighted by Gasteiger charge is -2.24. The number of carbonyl (C=O) groups excluding carboxylic acids is 1. The molecule has 0 radical (unpaired) electrons. The molecule has 3 aromatic rings. The Balaban J connectivity index is 1.37. The largest absolute Gasteiger partial charge is 0.442 e. The van der Waals surface area contributed by atoms with E-state index in [9.17, 15) is 4.79 Å². The van der Waals surface area contributed by atoms with Gasteiger partial charge in [-0.15, -0.1) is 0 Å². The lowest BCUT2D eigenvalue weighted by atomic mass is 10.1. The van der Waals surface area contributed by atoms with Crippen molar-refractivity contribution in [3.63, 3.8) is 0 Å². The van der Waals surface area contributed by atoms with Gasteiger partial charge in [0.25, 0.3) is 0 Å². The molecule has 0 aliphatic carbocycles. The summed E-state index contributed by atoms with van der Waals surface area (Å²) in [6.07, 6.45) is 2.22. The summed E-state index contributed by atoms with van der Waals surface area (Å²) in [6, 6.07) is 16.3. The van der Waals surface area contributed by atoms with Crippen molar-refractivity contribution < 1.29 is 9.53 Å². The quantitative estimate of drug-likeness (QED) is 0.702. The summed E-state index contributed by atoms with van der Waals surface area (Å²) in [6.45, 7) is 4.13. The normalized spacial score (nSPS) is 21.2. The Morgan fingerprint density at radius 3 is 2.86 bits per heavy atom. The Morgan fingerprint density at radius 1 is 1.14 bits per heavy atom. The summed E-state index contributed by atoms with van der Waals surface area (Å²) in [5.41, 5.74) is 4.15. The molecule has 142 valence electrons. The molecule has 2 aliphatic heterocycles. The van der Waals surface area contributed by atoms with Crippen LogP contribution in [0.25, 0.3) is 10.9 Å². The number of amides is 1. The zero-order valence-corrected chi connectivity index (χ0v) is 15.8. The molecule has 0 N–H and O–H groups in total. The number of aryl methyl sites for hydroxylation is 1. The molecule has 0 bridgehead atoms. The Hall–Kier alpha value is -3.15. The van der Waals surface area contributed by atoms with Crippen molar-refractivity contribution >= 4 is 22.7 Å². The van der Waals surface area contributed by atoms with E-state index in [1.54, 1.807) is 6.20 Å². The first kappa shape index (κ1) is 17.0. The van der Waals surface area contributed by atoms with Gasteiger partial charge in [-0.2, -0.15) is 0 Å². The van der Waals surface area contributed by atoms with E-state index >= 15 is 0 Å². The van der Waals surface area contributed by atoms with Crippen LogP contribution in [0.5, 0.6) is 0 Å². The fraction of sp³-hybridized carbons (Fsp3) is 0.318. The van der Waals surface area contributed by atoms with E-state index < -0.39 is 0 Å². The highest BCUT2D eigenvalue weighted by molar-refractivity contribution is 5.92. The van der Waals surface area contributed by atoms with Crippen LogP contribution in [-0.2, 0) is 11.2 Å². The van der Waals surface area contributed by atoms with Gasteiger partial charge in [-0.3, -0.25) is 14.9 Å². The van der Waals surface area contributed by atoms with Crippen LogP contribution in [0.1, 0.15) is 11.4 Å². The lowest BCUT2D eigenvalue weighted by molar-refractivity contribution is 0.136. The highest BCUT2D eigenvalue weighted by Gasteiger charge is 2.47. The van der Waals surface area contributed by atoms with Crippen LogP contribution in [0.15, 0.2) is 54.7 Å². The van der Waals surface area contributed by atoms with Crippen molar-refractivity contribution in [3.05, 3.63) is 66.1 Å². The molecule has 6 nitrogen and oxygen atoms in total. The minimum absolute atomic E-state index is 0.0726. The molecule has 0 saturated carbocycles. The van der Waals surface area contributed by atoms with Crippen LogP contribution in [-0.4, -0.2) is 52.7 Å². The molecule has 2 aliphatic rings. The van der Waals surface area contributed by atoms with Gasteiger partial charge < -0.3 is 9.64 Å². The van der Waals surface area contributed by atoms with E-state index in [-0.39, 0.29) is 18.2 Å². The third kappa shape index (κ3) is 2.95. The number of ether oxygens (including phenoxy) is 1. The first-order valence-electron chi connectivity index (χ1n) is 9.67. The van der Waals surface area contributed by atoms with Gasteiger partial charge in [0.1, 0.15) is 6.10 Å².